The summed E-state index contributed by atoms with van der Waals surface area (Å²) < 4.78 is 5.38. The second kappa shape index (κ2) is 5.74. The zero-order valence-electron chi connectivity index (χ0n) is 9.14. The Hall–Kier alpha value is -1.05. The number of carbonyl (C=O) groups excluding carboxylic acids is 1. The van der Waals surface area contributed by atoms with E-state index in [1.54, 1.807) is 7.11 Å². The van der Waals surface area contributed by atoms with Crippen molar-refractivity contribution < 1.29 is 9.53 Å². The van der Waals surface area contributed by atoms with Crippen LogP contribution in [0.4, 0.5) is 0 Å². The van der Waals surface area contributed by atoms with E-state index in [4.69, 9.17) is 11.2 Å². The summed E-state index contributed by atoms with van der Waals surface area (Å²) in [6.45, 7) is 1.28. The van der Waals surface area contributed by atoms with Crippen molar-refractivity contribution in [2.24, 2.45) is 0 Å². The van der Waals surface area contributed by atoms with E-state index in [9.17, 15) is 4.79 Å². The van der Waals surface area contributed by atoms with Gasteiger partial charge in [0.2, 0.25) is 5.91 Å². The fourth-order valence-corrected chi connectivity index (χ4v) is 1.59. The summed E-state index contributed by atoms with van der Waals surface area (Å²) in [5, 5.41) is 5.68. The third-order valence-corrected chi connectivity index (χ3v) is 2.82. The molecule has 0 heterocycles. The van der Waals surface area contributed by atoms with Crippen LogP contribution in [0.25, 0.3) is 0 Å². The van der Waals surface area contributed by atoms with E-state index in [0.717, 1.165) is 12.8 Å². The Labute approximate surface area is 90.8 Å². The minimum Gasteiger partial charge on any atom is -0.376 e. The van der Waals surface area contributed by atoms with Crippen LogP contribution in [0.5, 0.6) is 0 Å². The van der Waals surface area contributed by atoms with Crippen molar-refractivity contribution >= 4 is 5.91 Å². The molecule has 4 heteroatoms. The second-order valence-electron chi connectivity index (χ2n) is 3.83. The van der Waals surface area contributed by atoms with Crippen LogP contribution in [0.2, 0.25) is 0 Å². The van der Waals surface area contributed by atoms with Crippen molar-refractivity contribution in [1.29, 1.82) is 0 Å². The highest BCUT2D eigenvalue weighted by atomic mass is 16.5. The molecule has 1 fully saturated rings. The molecule has 0 aromatic rings. The van der Waals surface area contributed by atoms with Crippen molar-refractivity contribution in [3.05, 3.63) is 0 Å². The first-order chi connectivity index (χ1) is 7.22. The van der Waals surface area contributed by atoms with Crippen molar-refractivity contribution in [2.75, 3.05) is 26.7 Å². The Morgan fingerprint density at radius 3 is 2.80 bits per heavy atom. The molecule has 0 atom stereocenters. The molecule has 1 aliphatic rings. The maximum Gasteiger partial charge on any atom is 0.234 e. The van der Waals surface area contributed by atoms with Gasteiger partial charge >= 0.3 is 0 Å². The number of amides is 1. The summed E-state index contributed by atoms with van der Waals surface area (Å²) in [7, 11) is 1.70. The van der Waals surface area contributed by atoms with Gasteiger partial charge in [0.05, 0.1) is 18.7 Å². The Morgan fingerprint density at radius 1 is 1.60 bits per heavy atom. The molecule has 0 saturated heterocycles. The van der Waals surface area contributed by atoms with Gasteiger partial charge in [-0.2, -0.15) is 0 Å². The molecule has 4 nitrogen and oxygen atoms in total. The van der Waals surface area contributed by atoms with Gasteiger partial charge in [0.1, 0.15) is 0 Å². The summed E-state index contributed by atoms with van der Waals surface area (Å²) in [6, 6.07) is 0. The van der Waals surface area contributed by atoms with Crippen molar-refractivity contribution in [3.8, 4) is 12.3 Å². The zero-order chi connectivity index (χ0) is 11.1. The quantitative estimate of drug-likeness (QED) is 0.475. The maximum absolute atomic E-state index is 11.3. The van der Waals surface area contributed by atoms with Crippen LogP contribution in [0, 0.1) is 12.3 Å². The second-order valence-corrected chi connectivity index (χ2v) is 3.83. The summed E-state index contributed by atoms with van der Waals surface area (Å²) >= 11 is 0. The minimum atomic E-state index is -0.109. The third-order valence-electron chi connectivity index (χ3n) is 2.82. The van der Waals surface area contributed by atoms with Gasteiger partial charge < -0.3 is 10.1 Å². The molecule has 0 spiro atoms. The number of methoxy groups -OCH3 is 1. The summed E-state index contributed by atoms with van der Waals surface area (Å²) in [5.74, 6) is 2.38. The Morgan fingerprint density at radius 2 is 2.33 bits per heavy atom. The standard InChI is InChI=1S/C11H18N2O2/c1-3-7-12-8-10(14)13-9-11(15-2)5-4-6-11/h1,12H,4-9H2,2H3,(H,13,14). The number of ether oxygens (including phenoxy) is 1. The lowest BCUT2D eigenvalue weighted by Crippen LogP contribution is -2.50. The Bertz CT molecular complexity index is 248. The molecule has 1 saturated carbocycles. The van der Waals surface area contributed by atoms with Crippen molar-refractivity contribution in [1.82, 2.24) is 10.6 Å². The van der Waals surface area contributed by atoms with E-state index in [2.05, 4.69) is 16.6 Å². The Balaban J connectivity index is 2.13. The lowest BCUT2D eigenvalue weighted by molar-refractivity contribution is -0.124. The smallest absolute Gasteiger partial charge is 0.234 e. The van der Waals surface area contributed by atoms with E-state index < -0.39 is 0 Å². The van der Waals surface area contributed by atoms with Crippen molar-refractivity contribution in [3.63, 3.8) is 0 Å². The zero-order valence-corrected chi connectivity index (χ0v) is 9.14. The van der Waals surface area contributed by atoms with Crippen LogP contribution in [-0.4, -0.2) is 38.3 Å². The molecule has 15 heavy (non-hydrogen) atoms. The largest absolute Gasteiger partial charge is 0.376 e. The molecule has 0 aromatic carbocycles. The van der Waals surface area contributed by atoms with Gasteiger partial charge in [-0.25, -0.2) is 0 Å². The fourth-order valence-electron chi connectivity index (χ4n) is 1.59. The van der Waals surface area contributed by atoms with E-state index in [1.807, 2.05) is 0 Å². The first-order valence-electron chi connectivity index (χ1n) is 5.18. The third kappa shape index (κ3) is 3.54. The van der Waals surface area contributed by atoms with E-state index in [0.29, 0.717) is 13.1 Å². The number of rotatable bonds is 6. The van der Waals surface area contributed by atoms with E-state index in [1.165, 1.54) is 6.42 Å². The van der Waals surface area contributed by atoms with Gasteiger partial charge in [0.25, 0.3) is 0 Å². The van der Waals surface area contributed by atoms with Gasteiger partial charge in [0, 0.05) is 13.7 Å². The number of terminal acetylenes is 1. The van der Waals surface area contributed by atoms with Gasteiger partial charge in [0.15, 0.2) is 0 Å². The predicted octanol–water partition coefficient (Wildman–Crippen LogP) is -0.106. The molecule has 1 rings (SSSR count). The maximum atomic E-state index is 11.3. The summed E-state index contributed by atoms with van der Waals surface area (Å²) in [5.41, 5.74) is -0.109. The number of carbonyl (C=O) groups is 1. The SMILES string of the molecule is C#CCNCC(=O)NCC1(OC)CCC1. The number of nitrogens with one attached hydrogen (secondary N) is 2. The molecule has 0 radical (unpaired) electrons. The monoisotopic (exact) mass is 210 g/mol. The molecule has 1 aliphatic carbocycles. The normalized spacial score (nSPS) is 17.6. The number of hydrogen-bond donors (Lipinski definition) is 2. The highest BCUT2D eigenvalue weighted by molar-refractivity contribution is 5.78. The molecular weight excluding hydrogens is 192 g/mol. The highest BCUT2D eigenvalue weighted by Gasteiger charge is 2.36. The van der Waals surface area contributed by atoms with Crippen LogP contribution < -0.4 is 10.6 Å². The van der Waals surface area contributed by atoms with E-state index in [-0.39, 0.29) is 18.1 Å². The van der Waals surface area contributed by atoms with Crippen LogP contribution in [-0.2, 0) is 9.53 Å². The predicted molar refractivity (Wildman–Crippen MR) is 58.3 cm³/mol. The topological polar surface area (TPSA) is 50.4 Å². The lowest BCUT2D eigenvalue weighted by Gasteiger charge is -2.40. The van der Waals surface area contributed by atoms with Gasteiger partial charge in [-0.3, -0.25) is 10.1 Å². The van der Waals surface area contributed by atoms with Crippen LogP contribution in [0.15, 0.2) is 0 Å². The Kier molecular flexibility index (Phi) is 4.60. The molecular formula is C11H18N2O2. The van der Waals surface area contributed by atoms with Crippen molar-refractivity contribution in [2.45, 2.75) is 24.9 Å². The molecule has 2 N–H and O–H groups in total. The molecule has 0 aromatic heterocycles. The van der Waals surface area contributed by atoms with Gasteiger partial charge in [-0.1, -0.05) is 5.92 Å². The summed E-state index contributed by atoms with van der Waals surface area (Å²) in [4.78, 5) is 11.3. The summed E-state index contributed by atoms with van der Waals surface area (Å²) in [6.07, 6.45) is 8.28. The van der Waals surface area contributed by atoms with Crippen LogP contribution in [0.1, 0.15) is 19.3 Å². The molecule has 1 amide bonds. The van der Waals surface area contributed by atoms with Crippen LogP contribution >= 0.6 is 0 Å². The fraction of sp³-hybridized carbons (Fsp3) is 0.727. The average Bonchev–Trinajstić information content (AvgIpc) is 2.17. The average molecular weight is 210 g/mol. The molecule has 84 valence electrons. The molecule has 0 unspecified atom stereocenters. The molecule has 0 aliphatic heterocycles. The van der Waals surface area contributed by atoms with Gasteiger partial charge in [-0.05, 0) is 19.3 Å². The van der Waals surface area contributed by atoms with Crippen LogP contribution in [0.3, 0.4) is 0 Å². The minimum absolute atomic E-state index is 0.0337. The lowest BCUT2D eigenvalue weighted by atomic mass is 9.80. The first kappa shape index (κ1) is 12.0. The van der Waals surface area contributed by atoms with Gasteiger partial charge in [-0.15, -0.1) is 6.42 Å². The highest BCUT2D eigenvalue weighted by Crippen LogP contribution is 2.34. The first-order valence-corrected chi connectivity index (χ1v) is 5.18. The van der Waals surface area contributed by atoms with E-state index >= 15 is 0 Å². The number of hydrogen-bond acceptors (Lipinski definition) is 3. The molecule has 0 bridgehead atoms.